The van der Waals surface area contributed by atoms with Crippen molar-refractivity contribution in [1.29, 1.82) is 0 Å². The van der Waals surface area contributed by atoms with Gasteiger partial charge in [0.25, 0.3) is 5.22 Å². The highest BCUT2D eigenvalue weighted by molar-refractivity contribution is 7.99. The second kappa shape index (κ2) is 11.1. The second-order valence-electron chi connectivity index (χ2n) is 7.24. The van der Waals surface area contributed by atoms with E-state index in [2.05, 4.69) is 29.4 Å². The number of rotatable bonds is 10. The Morgan fingerprint density at radius 1 is 1.23 bits per heavy atom. The van der Waals surface area contributed by atoms with E-state index in [1.165, 1.54) is 11.3 Å². The summed E-state index contributed by atoms with van der Waals surface area (Å²) in [5.74, 6) is 0.299. The molecule has 2 heterocycles. The van der Waals surface area contributed by atoms with E-state index in [9.17, 15) is 9.59 Å². The van der Waals surface area contributed by atoms with Crippen LogP contribution in [0.25, 0.3) is 0 Å². The molecule has 0 unspecified atom stereocenters. The lowest BCUT2D eigenvalue weighted by atomic mass is 10.0. The van der Waals surface area contributed by atoms with Crippen LogP contribution in [0.1, 0.15) is 48.1 Å². The maximum Gasteiger partial charge on any atom is 0.341 e. The number of hydrogen-bond donors (Lipinski definition) is 1. The lowest BCUT2D eigenvalue weighted by Gasteiger charge is -2.09. The normalized spacial score (nSPS) is 11.0. The summed E-state index contributed by atoms with van der Waals surface area (Å²) >= 11 is 2.49. The van der Waals surface area contributed by atoms with Gasteiger partial charge in [-0.1, -0.05) is 55.9 Å². The third-order valence-electron chi connectivity index (χ3n) is 4.20. The number of anilines is 1. The minimum atomic E-state index is -0.412. The average molecular weight is 460 g/mol. The largest absolute Gasteiger partial charge is 0.462 e. The Balaban J connectivity index is 1.59. The molecule has 7 nitrogen and oxygen atoms in total. The summed E-state index contributed by atoms with van der Waals surface area (Å²) in [6.07, 6.45) is 1.28. The maximum absolute atomic E-state index is 12.5. The molecule has 1 N–H and O–H groups in total. The molecule has 0 fully saturated rings. The number of nitrogens with zero attached hydrogens (tertiary/aromatic N) is 2. The summed E-state index contributed by atoms with van der Waals surface area (Å²) < 4.78 is 10.8. The molecule has 9 heteroatoms. The van der Waals surface area contributed by atoms with Gasteiger partial charge in [-0.15, -0.1) is 21.5 Å². The fraction of sp³-hybridized carbons (Fsp3) is 0.364. The number of benzene rings is 1. The number of carbonyl (C=O) groups is 2. The first kappa shape index (κ1) is 23.0. The van der Waals surface area contributed by atoms with Gasteiger partial charge in [-0.3, -0.25) is 4.79 Å². The smallest absolute Gasteiger partial charge is 0.341 e. The number of esters is 1. The first-order valence-electron chi connectivity index (χ1n) is 10.0. The van der Waals surface area contributed by atoms with Gasteiger partial charge in [0.15, 0.2) is 0 Å². The fourth-order valence-corrected chi connectivity index (χ4v) is 4.49. The predicted octanol–water partition coefficient (Wildman–Crippen LogP) is 4.83. The number of carbonyl (C=O) groups excluding carboxylic acids is 2. The number of thioether (sulfide) groups is 1. The van der Waals surface area contributed by atoms with Crippen LogP contribution in [0.4, 0.5) is 5.00 Å². The van der Waals surface area contributed by atoms with Gasteiger partial charge < -0.3 is 14.5 Å². The molecular weight excluding hydrogens is 434 g/mol. The SMILES string of the molecule is CCOC(=O)c1c(CC(C)C)csc1NC(=O)CSc1nnc(Cc2ccccc2)o1. The number of hydrogen-bond acceptors (Lipinski definition) is 8. The molecule has 0 aliphatic rings. The van der Waals surface area contributed by atoms with Gasteiger partial charge in [-0.25, -0.2) is 4.79 Å². The molecule has 0 saturated carbocycles. The molecule has 0 atom stereocenters. The van der Waals surface area contributed by atoms with Crippen LogP contribution in [0.3, 0.4) is 0 Å². The molecule has 164 valence electrons. The van der Waals surface area contributed by atoms with Crippen LogP contribution in [0, 0.1) is 5.92 Å². The van der Waals surface area contributed by atoms with Crippen LogP contribution in [0.5, 0.6) is 0 Å². The first-order chi connectivity index (χ1) is 15.0. The zero-order valence-electron chi connectivity index (χ0n) is 17.7. The third kappa shape index (κ3) is 6.67. The van der Waals surface area contributed by atoms with Crippen molar-refractivity contribution in [1.82, 2.24) is 10.2 Å². The molecule has 2 aromatic heterocycles. The van der Waals surface area contributed by atoms with E-state index < -0.39 is 5.97 Å². The van der Waals surface area contributed by atoms with Crippen LogP contribution >= 0.6 is 23.1 Å². The molecule has 0 aliphatic carbocycles. The Morgan fingerprint density at radius 2 is 2.00 bits per heavy atom. The van der Waals surface area contributed by atoms with E-state index in [1.807, 2.05) is 35.7 Å². The summed E-state index contributed by atoms with van der Waals surface area (Å²) in [5.41, 5.74) is 2.41. The Labute approximate surface area is 189 Å². The van der Waals surface area contributed by atoms with E-state index in [0.717, 1.165) is 29.3 Å². The van der Waals surface area contributed by atoms with Crippen molar-refractivity contribution in [2.24, 2.45) is 5.92 Å². The summed E-state index contributed by atoms with van der Waals surface area (Å²) in [5, 5.41) is 13.6. The number of thiophene rings is 1. The van der Waals surface area contributed by atoms with Crippen molar-refractivity contribution < 1.29 is 18.7 Å². The van der Waals surface area contributed by atoms with E-state index >= 15 is 0 Å². The van der Waals surface area contributed by atoms with Gasteiger partial charge in [-0.05, 0) is 35.8 Å². The quantitative estimate of drug-likeness (QED) is 0.343. The van der Waals surface area contributed by atoms with E-state index in [0.29, 0.717) is 34.0 Å². The Morgan fingerprint density at radius 3 is 2.71 bits per heavy atom. The number of ether oxygens (including phenoxy) is 1. The zero-order valence-corrected chi connectivity index (χ0v) is 19.3. The van der Waals surface area contributed by atoms with Crippen molar-refractivity contribution in [3.05, 3.63) is 58.3 Å². The highest BCUT2D eigenvalue weighted by Gasteiger charge is 2.22. The maximum atomic E-state index is 12.5. The van der Waals surface area contributed by atoms with Crippen molar-refractivity contribution in [2.75, 3.05) is 17.7 Å². The second-order valence-corrected chi connectivity index (χ2v) is 9.05. The molecule has 0 saturated heterocycles. The molecule has 0 radical (unpaired) electrons. The number of amides is 1. The standard InChI is InChI=1S/C22H25N3O4S2/c1-4-28-21(27)19-16(10-14(2)3)12-30-20(19)23-17(26)13-31-22-25-24-18(29-22)11-15-8-6-5-7-9-15/h5-9,12,14H,4,10-11,13H2,1-3H3,(H,23,26). The molecule has 0 bridgehead atoms. The van der Waals surface area contributed by atoms with E-state index in [4.69, 9.17) is 9.15 Å². The molecule has 1 aromatic carbocycles. The summed E-state index contributed by atoms with van der Waals surface area (Å²) in [6.45, 7) is 6.20. The Kier molecular flexibility index (Phi) is 8.25. The van der Waals surface area contributed by atoms with E-state index in [-0.39, 0.29) is 18.3 Å². The van der Waals surface area contributed by atoms with Crippen molar-refractivity contribution in [3.63, 3.8) is 0 Å². The Bertz CT molecular complexity index is 1010. The molecule has 31 heavy (non-hydrogen) atoms. The lowest BCUT2D eigenvalue weighted by molar-refractivity contribution is -0.113. The van der Waals surface area contributed by atoms with Gasteiger partial charge in [0.2, 0.25) is 11.8 Å². The van der Waals surface area contributed by atoms with Gasteiger partial charge >= 0.3 is 5.97 Å². The molecule has 1 amide bonds. The third-order valence-corrected chi connectivity index (χ3v) is 5.96. The molecule has 0 spiro atoms. The van der Waals surface area contributed by atoms with E-state index in [1.54, 1.807) is 6.92 Å². The first-order valence-corrected chi connectivity index (χ1v) is 11.9. The molecule has 0 aliphatic heterocycles. The highest BCUT2D eigenvalue weighted by atomic mass is 32.2. The van der Waals surface area contributed by atoms with Crippen LogP contribution in [-0.2, 0) is 22.4 Å². The Hall–Kier alpha value is -2.65. The summed E-state index contributed by atoms with van der Waals surface area (Å²) in [6, 6.07) is 9.82. The highest BCUT2D eigenvalue weighted by Crippen LogP contribution is 2.31. The van der Waals surface area contributed by atoms with Gasteiger partial charge in [0.1, 0.15) is 5.00 Å². The molecule has 3 rings (SSSR count). The number of nitrogens with one attached hydrogen (secondary N) is 1. The van der Waals surface area contributed by atoms with Crippen molar-refractivity contribution in [2.45, 2.75) is 38.8 Å². The van der Waals surface area contributed by atoms with Crippen LogP contribution in [0.2, 0.25) is 0 Å². The zero-order chi connectivity index (χ0) is 22.2. The van der Waals surface area contributed by atoms with Crippen LogP contribution < -0.4 is 5.32 Å². The fourth-order valence-electron chi connectivity index (χ4n) is 2.93. The summed E-state index contributed by atoms with van der Waals surface area (Å²) in [7, 11) is 0. The predicted molar refractivity (Wildman–Crippen MR) is 122 cm³/mol. The average Bonchev–Trinajstić information content (AvgIpc) is 3.34. The monoisotopic (exact) mass is 459 g/mol. The minimum Gasteiger partial charge on any atom is -0.462 e. The number of aromatic nitrogens is 2. The van der Waals surface area contributed by atoms with Crippen LogP contribution in [-0.4, -0.2) is 34.4 Å². The topological polar surface area (TPSA) is 94.3 Å². The minimum absolute atomic E-state index is 0.0899. The van der Waals surface area contributed by atoms with Gasteiger partial charge in [0.05, 0.1) is 24.3 Å². The van der Waals surface area contributed by atoms with Crippen molar-refractivity contribution >= 4 is 40.0 Å². The van der Waals surface area contributed by atoms with Gasteiger partial charge in [-0.2, -0.15) is 0 Å². The molecule has 3 aromatic rings. The van der Waals surface area contributed by atoms with Crippen molar-refractivity contribution in [3.8, 4) is 0 Å². The van der Waals surface area contributed by atoms with Gasteiger partial charge in [0, 0.05) is 0 Å². The summed E-state index contributed by atoms with van der Waals surface area (Å²) in [4.78, 5) is 24.9. The lowest BCUT2D eigenvalue weighted by Crippen LogP contribution is -2.17. The molecular formula is C22H25N3O4S2. The van der Waals surface area contributed by atoms with Crippen LogP contribution in [0.15, 0.2) is 45.4 Å².